The first-order valence-electron chi connectivity index (χ1n) is 6.54. The Hall–Kier alpha value is -2.75. The number of aliphatic imine (C=N–C) groups is 1. The zero-order chi connectivity index (χ0) is 15.8. The van der Waals surface area contributed by atoms with Gasteiger partial charge in [-0.2, -0.15) is 0 Å². The third-order valence-corrected chi connectivity index (χ3v) is 2.80. The summed E-state index contributed by atoms with van der Waals surface area (Å²) in [5, 5.41) is 3.17. The van der Waals surface area contributed by atoms with Crippen molar-refractivity contribution in [2.24, 2.45) is 16.5 Å². The van der Waals surface area contributed by atoms with Crippen LogP contribution in [0, 0.1) is 0 Å². The van der Waals surface area contributed by atoms with Crippen molar-refractivity contribution in [3.63, 3.8) is 0 Å². The predicted octanol–water partition coefficient (Wildman–Crippen LogP) is 3.03. The van der Waals surface area contributed by atoms with Crippen molar-refractivity contribution in [2.75, 3.05) is 12.4 Å². The van der Waals surface area contributed by atoms with Gasteiger partial charge in [-0.25, -0.2) is 0 Å². The summed E-state index contributed by atoms with van der Waals surface area (Å²) in [5.74, 6) is 0. The van der Waals surface area contributed by atoms with Gasteiger partial charge in [-0.3, -0.25) is 4.99 Å². The maximum absolute atomic E-state index is 5.90. The quantitative estimate of drug-likeness (QED) is 0.554. The van der Waals surface area contributed by atoms with Crippen LogP contribution in [0.25, 0.3) is 5.70 Å². The molecular weight excluding hydrogens is 260 g/mol. The highest BCUT2D eigenvalue weighted by atomic mass is 14.9. The fraction of sp³-hybridized carbons (Fsp3) is 0.118. The van der Waals surface area contributed by atoms with Gasteiger partial charge < -0.3 is 16.8 Å². The molecule has 0 bridgehead atoms. The van der Waals surface area contributed by atoms with Crippen LogP contribution in [0.5, 0.6) is 0 Å². The van der Waals surface area contributed by atoms with E-state index in [4.69, 9.17) is 11.5 Å². The van der Waals surface area contributed by atoms with Gasteiger partial charge in [0.1, 0.15) is 0 Å². The first kappa shape index (κ1) is 16.3. The smallest absolute Gasteiger partial charge is 0.0417 e. The summed E-state index contributed by atoms with van der Waals surface area (Å²) in [4.78, 5) is 3.87. The number of nitrogens with two attached hydrogens (primary N) is 2. The van der Waals surface area contributed by atoms with Gasteiger partial charge in [0.2, 0.25) is 0 Å². The van der Waals surface area contributed by atoms with Crippen LogP contribution in [0.4, 0.5) is 5.69 Å². The predicted molar refractivity (Wildman–Crippen MR) is 92.9 cm³/mol. The molecule has 0 spiro atoms. The summed E-state index contributed by atoms with van der Waals surface area (Å²) in [6, 6.07) is 7.76. The van der Waals surface area contributed by atoms with Crippen LogP contribution in [0.2, 0.25) is 0 Å². The third kappa shape index (κ3) is 5.03. The van der Waals surface area contributed by atoms with Gasteiger partial charge in [-0.05, 0) is 30.7 Å². The molecular formula is C17H22N4. The van der Waals surface area contributed by atoms with Crippen molar-refractivity contribution in [1.82, 2.24) is 0 Å². The van der Waals surface area contributed by atoms with E-state index in [-0.39, 0.29) is 0 Å². The Labute approximate surface area is 126 Å². The van der Waals surface area contributed by atoms with Crippen LogP contribution in [-0.4, -0.2) is 13.3 Å². The van der Waals surface area contributed by atoms with E-state index in [9.17, 15) is 0 Å². The van der Waals surface area contributed by atoms with E-state index in [1.165, 1.54) is 0 Å². The summed E-state index contributed by atoms with van der Waals surface area (Å²) in [6.45, 7) is 9.65. The molecule has 21 heavy (non-hydrogen) atoms. The molecule has 0 aromatic heterocycles. The molecule has 0 aliphatic heterocycles. The largest absolute Gasteiger partial charge is 0.399 e. The Morgan fingerprint density at radius 1 is 1.29 bits per heavy atom. The van der Waals surface area contributed by atoms with Gasteiger partial charge in [-0.15, -0.1) is 0 Å². The summed E-state index contributed by atoms with van der Waals surface area (Å²) in [7, 11) is 1.67. The number of anilines is 1. The van der Waals surface area contributed by atoms with Crippen LogP contribution in [0.1, 0.15) is 12.5 Å². The number of nitrogens with one attached hydrogen (secondary N) is 1. The topological polar surface area (TPSA) is 76.4 Å². The number of hydrogen-bond acceptors (Lipinski definition) is 4. The first-order chi connectivity index (χ1) is 9.97. The number of benzene rings is 1. The molecule has 0 saturated carbocycles. The second kappa shape index (κ2) is 7.75. The third-order valence-electron chi connectivity index (χ3n) is 2.80. The van der Waals surface area contributed by atoms with Crippen LogP contribution >= 0.6 is 0 Å². The second-order valence-corrected chi connectivity index (χ2v) is 4.49. The van der Waals surface area contributed by atoms with Crippen molar-refractivity contribution in [3.05, 3.63) is 72.1 Å². The van der Waals surface area contributed by atoms with Crippen LogP contribution in [-0.2, 0) is 0 Å². The highest BCUT2D eigenvalue weighted by Crippen LogP contribution is 2.17. The number of nitrogens with zero attached hydrogens (tertiary/aromatic N) is 1. The second-order valence-electron chi connectivity index (χ2n) is 4.49. The molecule has 0 heterocycles. The molecule has 0 radical (unpaired) electrons. The standard InChI is InChI=1S/C17H22N4/c1-5-16(18)14-7-6-8-15(10-14)21-13(3)9-17(19)12(2)11-20-4/h5-11,21H,2-3,18-19H2,1,4H3/b16-5-,17-9-,20-11?. The van der Waals surface area contributed by atoms with E-state index in [1.54, 1.807) is 19.3 Å². The molecule has 4 heteroatoms. The van der Waals surface area contributed by atoms with Crippen molar-refractivity contribution < 1.29 is 0 Å². The highest BCUT2D eigenvalue weighted by molar-refractivity contribution is 5.83. The molecule has 1 aromatic rings. The first-order valence-corrected chi connectivity index (χ1v) is 6.54. The van der Waals surface area contributed by atoms with Gasteiger partial charge in [-0.1, -0.05) is 31.4 Å². The van der Waals surface area contributed by atoms with Crippen molar-refractivity contribution in [2.45, 2.75) is 6.92 Å². The summed E-state index contributed by atoms with van der Waals surface area (Å²) in [5.41, 5.74) is 16.2. The Kier molecular flexibility index (Phi) is 6.01. The minimum Gasteiger partial charge on any atom is -0.399 e. The molecule has 0 saturated heterocycles. The summed E-state index contributed by atoms with van der Waals surface area (Å²) < 4.78 is 0. The zero-order valence-corrected chi connectivity index (χ0v) is 12.6. The van der Waals surface area contributed by atoms with Crippen molar-refractivity contribution in [3.8, 4) is 0 Å². The molecule has 5 N–H and O–H groups in total. The van der Waals surface area contributed by atoms with Gasteiger partial charge in [0.25, 0.3) is 0 Å². The number of hydrogen-bond donors (Lipinski definition) is 3. The van der Waals surface area contributed by atoms with E-state index in [2.05, 4.69) is 23.5 Å². The molecule has 0 fully saturated rings. The van der Waals surface area contributed by atoms with E-state index >= 15 is 0 Å². The van der Waals surface area contributed by atoms with Gasteiger partial charge in [0.05, 0.1) is 0 Å². The van der Waals surface area contributed by atoms with E-state index in [0.29, 0.717) is 17.0 Å². The normalized spacial score (nSPS) is 12.5. The minimum atomic E-state index is 0.516. The van der Waals surface area contributed by atoms with E-state index < -0.39 is 0 Å². The lowest BCUT2D eigenvalue weighted by molar-refractivity contribution is 1.34. The average molecular weight is 282 g/mol. The van der Waals surface area contributed by atoms with Crippen LogP contribution in [0.3, 0.4) is 0 Å². The molecule has 0 unspecified atom stereocenters. The lowest BCUT2D eigenvalue weighted by Gasteiger charge is -2.09. The molecule has 0 atom stereocenters. The maximum atomic E-state index is 5.90. The zero-order valence-electron chi connectivity index (χ0n) is 12.6. The number of rotatable bonds is 6. The molecule has 1 rings (SSSR count). The Bertz CT molecular complexity index is 621. The molecule has 0 aliphatic carbocycles. The van der Waals surface area contributed by atoms with Gasteiger partial charge in [0.15, 0.2) is 0 Å². The molecule has 110 valence electrons. The van der Waals surface area contributed by atoms with Crippen molar-refractivity contribution in [1.29, 1.82) is 0 Å². The molecule has 1 aromatic carbocycles. The number of allylic oxidation sites excluding steroid dienone is 3. The molecule has 0 aliphatic rings. The van der Waals surface area contributed by atoms with Crippen LogP contribution in [0.15, 0.2) is 71.5 Å². The molecule has 0 amide bonds. The fourth-order valence-corrected chi connectivity index (χ4v) is 1.68. The van der Waals surface area contributed by atoms with Gasteiger partial charge >= 0.3 is 0 Å². The molecule has 4 nitrogen and oxygen atoms in total. The lowest BCUT2D eigenvalue weighted by atomic mass is 10.1. The Morgan fingerprint density at radius 2 is 2.00 bits per heavy atom. The average Bonchev–Trinajstić information content (AvgIpc) is 2.46. The SMILES string of the molecule is C=C(/C=C(\N)C(=C)C=NC)Nc1cccc(/C(N)=C/C)c1. The van der Waals surface area contributed by atoms with E-state index in [0.717, 1.165) is 16.9 Å². The summed E-state index contributed by atoms with van der Waals surface area (Å²) >= 11 is 0. The van der Waals surface area contributed by atoms with E-state index in [1.807, 2.05) is 37.3 Å². The Morgan fingerprint density at radius 3 is 2.62 bits per heavy atom. The summed E-state index contributed by atoms with van der Waals surface area (Å²) in [6.07, 6.45) is 5.18. The monoisotopic (exact) mass is 282 g/mol. The van der Waals surface area contributed by atoms with Crippen LogP contribution < -0.4 is 16.8 Å². The van der Waals surface area contributed by atoms with Crippen molar-refractivity contribution >= 4 is 17.6 Å². The van der Waals surface area contributed by atoms with Gasteiger partial charge in [0, 0.05) is 41.6 Å². The lowest BCUT2D eigenvalue weighted by Crippen LogP contribution is -2.05. The highest BCUT2D eigenvalue weighted by Gasteiger charge is 2.00. The minimum absolute atomic E-state index is 0.516. The maximum Gasteiger partial charge on any atom is 0.0417 e. The Balaban J connectivity index is 2.84. The fourth-order valence-electron chi connectivity index (χ4n) is 1.68.